The second kappa shape index (κ2) is 12.6. The van der Waals surface area contributed by atoms with Crippen LogP contribution in [-0.4, -0.2) is 32.8 Å². The second-order valence-corrected chi connectivity index (χ2v) is 8.23. The minimum Gasteiger partial charge on any atom is -0.497 e. The van der Waals surface area contributed by atoms with Gasteiger partial charge in [-0.2, -0.15) is 0 Å². The third kappa shape index (κ3) is 7.09. The highest BCUT2D eigenvalue weighted by molar-refractivity contribution is 5.88. The number of hydrogen-bond acceptors (Lipinski definition) is 6. The molecule has 1 atom stereocenters. The van der Waals surface area contributed by atoms with Gasteiger partial charge in [-0.25, -0.2) is 4.79 Å². The molecule has 0 fully saturated rings. The average Bonchev–Trinajstić information content (AvgIpc) is 2.89. The number of hydrogen-bond donors (Lipinski definition) is 0. The highest BCUT2D eigenvalue weighted by Gasteiger charge is 2.20. The Hall–Kier alpha value is -3.80. The van der Waals surface area contributed by atoms with E-state index < -0.39 is 17.9 Å². The zero-order valence-corrected chi connectivity index (χ0v) is 20.7. The molecule has 3 rings (SSSR count). The van der Waals surface area contributed by atoms with Crippen molar-refractivity contribution in [3.05, 3.63) is 71.8 Å². The summed E-state index contributed by atoms with van der Waals surface area (Å²) in [6, 6.07) is 16.8. The molecule has 3 aromatic carbocycles. The van der Waals surface area contributed by atoms with E-state index in [2.05, 4.69) is 6.92 Å². The fourth-order valence-electron chi connectivity index (χ4n) is 3.58. The monoisotopic (exact) mass is 476 g/mol. The molecule has 0 aliphatic heterocycles. The third-order valence-corrected chi connectivity index (χ3v) is 5.73. The summed E-state index contributed by atoms with van der Waals surface area (Å²) < 4.78 is 21.5. The number of carbonyl (C=O) groups excluding carboxylic acids is 2. The molecule has 0 saturated heterocycles. The standard InChI is InChI=1S/C29H32O6/c1-5-6-7-16-34-28(30)15-9-21-8-14-26(27(17-21)33-4)35-29(31)20(2)22-10-11-24-19-25(32-3)13-12-23(24)18-22/h8-15,17-20H,5-7,16H2,1-4H3/b15-9+. The van der Waals surface area contributed by atoms with E-state index in [0.29, 0.717) is 18.1 Å². The first-order valence-corrected chi connectivity index (χ1v) is 11.8. The van der Waals surface area contributed by atoms with Gasteiger partial charge in [-0.1, -0.05) is 50.1 Å². The number of fused-ring (bicyclic) bond motifs is 1. The summed E-state index contributed by atoms with van der Waals surface area (Å²) in [4.78, 5) is 24.7. The van der Waals surface area contributed by atoms with Gasteiger partial charge in [-0.15, -0.1) is 0 Å². The summed E-state index contributed by atoms with van der Waals surface area (Å²) in [6.07, 6.45) is 5.98. The summed E-state index contributed by atoms with van der Waals surface area (Å²) in [5.74, 6) is 0.234. The van der Waals surface area contributed by atoms with E-state index in [4.69, 9.17) is 18.9 Å². The van der Waals surface area contributed by atoms with Gasteiger partial charge in [0.1, 0.15) is 5.75 Å². The van der Waals surface area contributed by atoms with Crippen molar-refractivity contribution in [2.75, 3.05) is 20.8 Å². The number of unbranched alkanes of at least 4 members (excludes halogenated alkanes) is 2. The zero-order chi connectivity index (χ0) is 25.2. The predicted octanol–water partition coefficient (Wildman–Crippen LogP) is 6.31. The van der Waals surface area contributed by atoms with Crippen LogP contribution in [0.3, 0.4) is 0 Å². The topological polar surface area (TPSA) is 71.1 Å². The Bertz CT molecular complexity index is 1200. The lowest BCUT2D eigenvalue weighted by Gasteiger charge is -2.15. The van der Waals surface area contributed by atoms with Crippen LogP contribution in [-0.2, 0) is 14.3 Å². The van der Waals surface area contributed by atoms with E-state index >= 15 is 0 Å². The summed E-state index contributed by atoms with van der Waals surface area (Å²) in [7, 11) is 3.14. The maximum atomic E-state index is 12.9. The minimum absolute atomic E-state index is 0.314. The molecule has 0 spiro atoms. The number of benzene rings is 3. The van der Waals surface area contributed by atoms with Crippen molar-refractivity contribution < 1.29 is 28.5 Å². The van der Waals surface area contributed by atoms with Crippen molar-refractivity contribution in [1.82, 2.24) is 0 Å². The predicted molar refractivity (Wildman–Crippen MR) is 137 cm³/mol. The third-order valence-electron chi connectivity index (χ3n) is 5.73. The van der Waals surface area contributed by atoms with Crippen molar-refractivity contribution in [2.24, 2.45) is 0 Å². The average molecular weight is 477 g/mol. The quantitative estimate of drug-likeness (QED) is 0.140. The van der Waals surface area contributed by atoms with Gasteiger partial charge >= 0.3 is 11.9 Å². The van der Waals surface area contributed by atoms with Gasteiger partial charge in [0.25, 0.3) is 0 Å². The molecule has 184 valence electrons. The van der Waals surface area contributed by atoms with Crippen LogP contribution in [0.5, 0.6) is 17.2 Å². The van der Waals surface area contributed by atoms with Gasteiger partial charge in [-0.05, 0) is 65.6 Å². The number of rotatable bonds is 11. The van der Waals surface area contributed by atoms with E-state index in [1.165, 1.54) is 13.2 Å². The number of carbonyl (C=O) groups is 2. The lowest BCUT2D eigenvalue weighted by atomic mass is 9.98. The maximum Gasteiger partial charge on any atom is 0.330 e. The van der Waals surface area contributed by atoms with E-state index in [9.17, 15) is 9.59 Å². The van der Waals surface area contributed by atoms with Gasteiger partial charge in [-0.3, -0.25) is 4.79 Å². The normalized spacial score (nSPS) is 11.9. The molecule has 1 unspecified atom stereocenters. The number of methoxy groups -OCH3 is 2. The SMILES string of the molecule is CCCCCOC(=O)/C=C/c1ccc(OC(=O)C(C)c2ccc3cc(OC)ccc3c2)c(OC)c1. The summed E-state index contributed by atoms with van der Waals surface area (Å²) in [5.41, 5.74) is 1.58. The van der Waals surface area contributed by atoms with Crippen LogP contribution in [0, 0.1) is 0 Å². The smallest absolute Gasteiger partial charge is 0.330 e. The number of esters is 2. The highest BCUT2D eigenvalue weighted by Crippen LogP contribution is 2.31. The van der Waals surface area contributed by atoms with Crippen LogP contribution < -0.4 is 14.2 Å². The van der Waals surface area contributed by atoms with Crippen LogP contribution >= 0.6 is 0 Å². The van der Waals surface area contributed by atoms with Crippen molar-refractivity contribution in [2.45, 2.75) is 39.0 Å². The van der Waals surface area contributed by atoms with Gasteiger partial charge in [0, 0.05) is 6.08 Å². The van der Waals surface area contributed by atoms with Crippen LogP contribution in [0.25, 0.3) is 16.8 Å². The Labute approximate surface area is 206 Å². The molecular formula is C29H32O6. The summed E-state index contributed by atoms with van der Waals surface area (Å²) in [5, 5.41) is 2.05. The van der Waals surface area contributed by atoms with E-state index in [1.54, 1.807) is 31.4 Å². The first-order chi connectivity index (χ1) is 16.9. The summed E-state index contributed by atoms with van der Waals surface area (Å²) >= 11 is 0. The number of ether oxygens (including phenoxy) is 4. The molecule has 0 aliphatic carbocycles. The molecular weight excluding hydrogens is 444 g/mol. The molecule has 0 saturated carbocycles. The largest absolute Gasteiger partial charge is 0.497 e. The molecule has 0 amide bonds. The lowest BCUT2D eigenvalue weighted by molar-refractivity contribution is -0.138. The Morgan fingerprint density at radius 3 is 2.40 bits per heavy atom. The van der Waals surface area contributed by atoms with Gasteiger partial charge in [0.15, 0.2) is 11.5 Å². The van der Waals surface area contributed by atoms with Crippen LogP contribution in [0.2, 0.25) is 0 Å². The molecule has 0 aromatic heterocycles. The van der Waals surface area contributed by atoms with E-state index in [1.807, 2.05) is 43.3 Å². The molecule has 6 heteroatoms. The highest BCUT2D eigenvalue weighted by atomic mass is 16.6. The Kier molecular flexibility index (Phi) is 9.30. The minimum atomic E-state index is -0.478. The van der Waals surface area contributed by atoms with Crippen molar-refractivity contribution in [3.8, 4) is 17.2 Å². The maximum absolute atomic E-state index is 12.9. The molecule has 6 nitrogen and oxygen atoms in total. The fourth-order valence-corrected chi connectivity index (χ4v) is 3.58. The molecule has 0 bridgehead atoms. The first-order valence-electron chi connectivity index (χ1n) is 11.8. The van der Waals surface area contributed by atoms with Gasteiger partial charge in [0.2, 0.25) is 0 Å². The molecule has 0 N–H and O–H groups in total. The lowest BCUT2D eigenvalue weighted by Crippen LogP contribution is -2.16. The van der Waals surface area contributed by atoms with E-state index in [0.717, 1.165) is 46.9 Å². The molecule has 0 heterocycles. The molecule has 35 heavy (non-hydrogen) atoms. The Morgan fingerprint density at radius 2 is 1.66 bits per heavy atom. The first kappa shape index (κ1) is 25.8. The fraction of sp³-hybridized carbons (Fsp3) is 0.310. The molecule has 0 radical (unpaired) electrons. The van der Waals surface area contributed by atoms with Crippen molar-refractivity contribution >= 4 is 28.8 Å². The van der Waals surface area contributed by atoms with Crippen molar-refractivity contribution in [3.63, 3.8) is 0 Å². The van der Waals surface area contributed by atoms with Crippen LogP contribution in [0.15, 0.2) is 60.7 Å². The van der Waals surface area contributed by atoms with Gasteiger partial charge in [0.05, 0.1) is 26.7 Å². The van der Waals surface area contributed by atoms with Crippen LogP contribution in [0.1, 0.15) is 50.2 Å². The Morgan fingerprint density at radius 1 is 0.886 bits per heavy atom. The summed E-state index contributed by atoms with van der Waals surface area (Å²) in [6.45, 7) is 4.32. The van der Waals surface area contributed by atoms with Crippen molar-refractivity contribution in [1.29, 1.82) is 0 Å². The second-order valence-electron chi connectivity index (χ2n) is 8.23. The Balaban J connectivity index is 1.66. The van der Waals surface area contributed by atoms with Gasteiger partial charge < -0.3 is 18.9 Å². The zero-order valence-electron chi connectivity index (χ0n) is 20.7. The molecule has 0 aliphatic rings. The molecule has 3 aromatic rings. The van der Waals surface area contributed by atoms with E-state index in [-0.39, 0.29) is 0 Å². The van der Waals surface area contributed by atoms with Crippen LogP contribution in [0.4, 0.5) is 0 Å².